The first-order chi connectivity index (χ1) is 17.4. The zero-order valence-electron chi connectivity index (χ0n) is 20.1. The summed E-state index contributed by atoms with van der Waals surface area (Å²) in [5, 5.41) is 11.4. The maximum absolute atomic E-state index is 13.3. The molecule has 1 aromatic carbocycles. The molecule has 1 aliphatic rings. The third kappa shape index (κ3) is 4.72. The average Bonchev–Trinajstić information content (AvgIpc) is 3.40. The van der Waals surface area contributed by atoms with Gasteiger partial charge < -0.3 is 14.6 Å². The van der Waals surface area contributed by atoms with Crippen molar-refractivity contribution in [3.8, 4) is 5.75 Å². The van der Waals surface area contributed by atoms with Gasteiger partial charge in [-0.3, -0.25) is 19.5 Å². The first kappa shape index (κ1) is 25.1. The summed E-state index contributed by atoms with van der Waals surface area (Å²) in [7, 11) is 0. The number of pyridine rings is 1. The van der Waals surface area contributed by atoms with Gasteiger partial charge in [-0.05, 0) is 44.0 Å². The van der Waals surface area contributed by atoms with Gasteiger partial charge in [-0.25, -0.2) is 9.78 Å². The Hall–Kier alpha value is -4.05. The maximum atomic E-state index is 13.3. The number of esters is 1. The van der Waals surface area contributed by atoms with Crippen LogP contribution in [0.1, 0.15) is 52.8 Å². The van der Waals surface area contributed by atoms with Gasteiger partial charge in [-0.1, -0.05) is 36.5 Å². The van der Waals surface area contributed by atoms with Crippen LogP contribution in [0.5, 0.6) is 5.75 Å². The highest BCUT2D eigenvalue weighted by molar-refractivity contribution is 7.17. The molecule has 1 saturated heterocycles. The van der Waals surface area contributed by atoms with Gasteiger partial charge in [-0.15, -0.1) is 0 Å². The number of hydrogen-bond donors (Lipinski definition) is 1. The minimum atomic E-state index is -1.00. The number of nitrogens with zero attached hydrogens (tertiary/aromatic N) is 3. The summed E-state index contributed by atoms with van der Waals surface area (Å²) in [5.74, 6) is -2.11. The van der Waals surface area contributed by atoms with Crippen molar-refractivity contribution in [2.75, 3.05) is 18.1 Å². The Bertz CT molecular complexity index is 1330. The second-order valence-electron chi connectivity index (χ2n) is 7.96. The highest BCUT2D eigenvalue weighted by Gasteiger charge is 2.48. The summed E-state index contributed by atoms with van der Waals surface area (Å²) >= 11 is 0.953. The molecule has 0 saturated carbocycles. The van der Waals surface area contributed by atoms with Crippen LogP contribution in [-0.2, 0) is 14.3 Å². The third-order valence-corrected chi connectivity index (χ3v) is 6.61. The largest absolute Gasteiger partial charge is 0.507 e. The Balaban J connectivity index is 1.86. The molecule has 0 spiro atoms. The highest BCUT2D eigenvalue weighted by Crippen LogP contribution is 2.43. The van der Waals surface area contributed by atoms with E-state index in [9.17, 15) is 19.5 Å². The summed E-state index contributed by atoms with van der Waals surface area (Å²) in [6.45, 7) is 5.98. The van der Waals surface area contributed by atoms with Crippen molar-refractivity contribution in [2.45, 2.75) is 33.2 Å². The van der Waals surface area contributed by atoms with E-state index in [2.05, 4.69) is 9.97 Å². The number of carbonyl (C=O) groups is 3. The van der Waals surface area contributed by atoms with E-state index in [4.69, 9.17) is 9.47 Å². The molecule has 1 amide bonds. The van der Waals surface area contributed by atoms with Gasteiger partial charge >= 0.3 is 11.9 Å². The maximum Gasteiger partial charge on any atom is 0.350 e. The fraction of sp³-hybridized carbons (Fsp3) is 0.269. The van der Waals surface area contributed by atoms with Gasteiger partial charge in [0.2, 0.25) is 0 Å². The van der Waals surface area contributed by atoms with Crippen molar-refractivity contribution >= 4 is 39.9 Å². The van der Waals surface area contributed by atoms with Crippen molar-refractivity contribution in [3.05, 3.63) is 76.1 Å². The number of Topliss-reactive ketones (excluding diaryl/α,β-unsaturated/α-hetero) is 1. The van der Waals surface area contributed by atoms with E-state index in [1.165, 1.54) is 11.1 Å². The summed E-state index contributed by atoms with van der Waals surface area (Å²) in [5.41, 5.74) is 1.10. The number of ether oxygens (including phenoxy) is 2. The molecule has 186 valence electrons. The number of anilines is 1. The Kier molecular flexibility index (Phi) is 7.44. The topological polar surface area (TPSA) is 119 Å². The lowest BCUT2D eigenvalue weighted by Gasteiger charge is -2.22. The van der Waals surface area contributed by atoms with Crippen LogP contribution in [0.3, 0.4) is 0 Å². The SMILES string of the molecule is CCCOc1cccc(C(O)=C2C(=O)C(=O)N(c3nc(C)c(C(=O)OCC)s3)C2c2cccnc2)c1. The van der Waals surface area contributed by atoms with Gasteiger partial charge in [0, 0.05) is 18.0 Å². The van der Waals surface area contributed by atoms with E-state index in [1.807, 2.05) is 6.92 Å². The zero-order valence-corrected chi connectivity index (χ0v) is 20.9. The van der Waals surface area contributed by atoms with Crippen LogP contribution in [0.25, 0.3) is 5.76 Å². The van der Waals surface area contributed by atoms with Crippen LogP contribution in [0, 0.1) is 6.92 Å². The summed E-state index contributed by atoms with van der Waals surface area (Å²) in [4.78, 5) is 48.9. The van der Waals surface area contributed by atoms with Crippen molar-refractivity contribution in [3.63, 3.8) is 0 Å². The molecule has 36 heavy (non-hydrogen) atoms. The molecular formula is C26H25N3O6S. The quantitative estimate of drug-likeness (QED) is 0.206. The molecule has 4 rings (SSSR count). The second kappa shape index (κ2) is 10.7. The number of benzene rings is 1. The molecule has 1 aliphatic heterocycles. The van der Waals surface area contributed by atoms with Gasteiger partial charge in [0.15, 0.2) is 5.13 Å². The minimum Gasteiger partial charge on any atom is -0.507 e. The first-order valence-corrected chi connectivity index (χ1v) is 12.3. The van der Waals surface area contributed by atoms with E-state index in [0.717, 1.165) is 17.8 Å². The third-order valence-electron chi connectivity index (χ3n) is 5.48. The molecule has 1 fully saturated rings. The monoisotopic (exact) mass is 507 g/mol. The number of amides is 1. The van der Waals surface area contributed by atoms with Crippen LogP contribution >= 0.6 is 11.3 Å². The van der Waals surface area contributed by atoms with E-state index < -0.39 is 23.7 Å². The van der Waals surface area contributed by atoms with E-state index >= 15 is 0 Å². The normalized spacial score (nSPS) is 16.9. The molecule has 2 aromatic heterocycles. The van der Waals surface area contributed by atoms with Crippen molar-refractivity contribution in [1.29, 1.82) is 0 Å². The Morgan fingerprint density at radius 3 is 2.69 bits per heavy atom. The smallest absolute Gasteiger partial charge is 0.350 e. The molecule has 0 bridgehead atoms. The number of aliphatic hydroxyl groups excluding tert-OH is 1. The zero-order chi connectivity index (χ0) is 25.8. The van der Waals surface area contributed by atoms with E-state index in [1.54, 1.807) is 56.4 Å². The molecule has 1 atom stereocenters. The van der Waals surface area contributed by atoms with Crippen molar-refractivity contribution in [1.82, 2.24) is 9.97 Å². The van der Waals surface area contributed by atoms with Crippen LogP contribution < -0.4 is 9.64 Å². The molecule has 9 nitrogen and oxygen atoms in total. The molecule has 10 heteroatoms. The van der Waals surface area contributed by atoms with Crippen LogP contribution in [0.4, 0.5) is 5.13 Å². The Morgan fingerprint density at radius 2 is 2.00 bits per heavy atom. The second-order valence-corrected chi connectivity index (χ2v) is 8.94. The number of ketones is 1. The lowest BCUT2D eigenvalue weighted by Crippen LogP contribution is -2.29. The Labute approximate surface area is 212 Å². The number of carbonyl (C=O) groups excluding carboxylic acids is 3. The number of hydrogen-bond acceptors (Lipinski definition) is 9. The highest BCUT2D eigenvalue weighted by atomic mass is 32.1. The molecule has 3 heterocycles. The number of rotatable bonds is 8. The Morgan fingerprint density at radius 1 is 1.19 bits per heavy atom. The molecule has 3 aromatic rings. The van der Waals surface area contributed by atoms with Gasteiger partial charge in [-0.2, -0.15) is 0 Å². The fourth-order valence-corrected chi connectivity index (χ4v) is 4.85. The number of aryl methyl sites for hydroxylation is 1. The molecule has 1 N–H and O–H groups in total. The van der Waals surface area contributed by atoms with Crippen molar-refractivity contribution < 1.29 is 29.0 Å². The molecular weight excluding hydrogens is 482 g/mol. The van der Waals surface area contributed by atoms with Gasteiger partial charge in [0.05, 0.1) is 30.5 Å². The van der Waals surface area contributed by atoms with Crippen LogP contribution in [-0.4, -0.2) is 45.9 Å². The van der Waals surface area contributed by atoms with Crippen LogP contribution in [0.15, 0.2) is 54.4 Å². The number of thiazole rings is 1. The predicted molar refractivity (Wildman–Crippen MR) is 134 cm³/mol. The summed E-state index contributed by atoms with van der Waals surface area (Å²) in [6, 6.07) is 9.08. The molecule has 0 radical (unpaired) electrons. The standard InChI is InChI=1S/C26H25N3O6S/c1-4-12-35-18-10-6-8-16(13-18)21(30)19-20(17-9-7-11-27-14-17)29(24(32)22(19)31)26-28-15(3)23(36-26)25(33)34-5-2/h6-11,13-14,20,30H,4-5,12H2,1-3H3. The van der Waals surface area contributed by atoms with Gasteiger partial charge in [0.25, 0.3) is 5.78 Å². The average molecular weight is 508 g/mol. The molecule has 0 aliphatic carbocycles. The lowest BCUT2D eigenvalue weighted by atomic mass is 9.96. The lowest BCUT2D eigenvalue weighted by molar-refractivity contribution is -0.132. The van der Waals surface area contributed by atoms with Crippen molar-refractivity contribution in [2.24, 2.45) is 0 Å². The predicted octanol–water partition coefficient (Wildman–Crippen LogP) is 4.44. The van der Waals surface area contributed by atoms with E-state index in [-0.39, 0.29) is 27.9 Å². The fourth-order valence-electron chi connectivity index (χ4n) is 3.86. The van der Waals surface area contributed by atoms with Gasteiger partial charge in [0.1, 0.15) is 16.4 Å². The number of aliphatic hydroxyl groups is 1. The first-order valence-electron chi connectivity index (χ1n) is 11.5. The summed E-state index contributed by atoms with van der Waals surface area (Å²) < 4.78 is 10.7. The number of aromatic nitrogens is 2. The molecule has 1 unspecified atom stereocenters. The van der Waals surface area contributed by atoms with Crippen LogP contribution in [0.2, 0.25) is 0 Å². The van der Waals surface area contributed by atoms with E-state index in [0.29, 0.717) is 29.2 Å². The summed E-state index contributed by atoms with van der Waals surface area (Å²) in [6.07, 6.45) is 3.89. The minimum absolute atomic E-state index is 0.105.